The number of hydrogen-bond donors (Lipinski definition) is 0. The van der Waals surface area contributed by atoms with Gasteiger partial charge >= 0.3 is 5.97 Å². The molecule has 0 aliphatic heterocycles. The number of rotatable bonds is 3. The molecule has 0 aromatic carbocycles. The molecular weight excluding hydrogens is 224 g/mol. The fourth-order valence-electron chi connectivity index (χ4n) is 1.61. The molecule has 0 saturated carbocycles. The van der Waals surface area contributed by atoms with Gasteiger partial charge in [-0.3, -0.25) is 4.79 Å². The minimum absolute atomic E-state index is 0.126. The molecule has 0 aromatic heterocycles. The summed E-state index contributed by atoms with van der Waals surface area (Å²) in [6.07, 6.45) is 2.49. The Bertz CT molecular complexity index is 327. The highest BCUT2D eigenvalue weighted by Gasteiger charge is 2.29. The van der Waals surface area contributed by atoms with Crippen molar-refractivity contribution in [3.63, 3.8) is 0 Å². The minimum atomic E-state index is -1.65. The van der Waals surface area contributed by atoms with Crippen LogP contribution in [0.2, 0.25) is 19.6 Å². The van der Waals surface area contributed by atoms with Gasteiger partial charge in [0.2, 0.25) is 0 Å². The zero-order valence-corrected chi connectivity index (χ0v) is 11.2. The van der Waals surface area contributed by atoms with Gasteiger partial charge in [-0.05, 0) is 32.1 Å². The Labute approximate surface area is 96.7 Å². The van der Waals surface area contributed by atoms with Crippen LogP contribution in [0.1, 0.15) is 12.8 Å². The molecule has 5 heteroatoms. The highest BCUT2D eigenvalue weighted by atomic mass is 28.4. The Morgan fingerprint density at radius 2 is 2.06 bits per heavy atom. The molecule has 1 rings (SSSR count). The van der Waals surface area contributed by atoms with Crippen molar-refractivity contribution in [2.24, 2.45) is 0 Å². The third-order valence-electron chi connectivity index (χ3n) is 2.22. The van der Waals surface area contributed by atoms with E-state index in [1.165, 1.54) is 7.11 Å². The number of ketones is 1. The second kappa shape index (κ2) is 4.93. The molecular formula is C11H18O4Si. The molecule has 0 fully saturated rings. The largest absolute Gasteiger partial charge is 0.465 e. The standard InChI is InChI=1S/C11H18O4Si/c1-14-11(13)9-7-8(5-6-10(9)12)15-16(2,3)4/h7-8H,5-6H2,1-4H3. The lowest BCUT2D eigenvalue weighted by Gasteiger charge is -2.26. The van der Waals surface area contributed by atoms with Crippen molar-refractivity contribution in [1.29, 1.82) is 0 Å². The van der Waals surface area contributed by atoms with Crippen LogP contribution in [-0.2, 0) is 18.8 Å². The van der Waals surface area contributed by atoms with E-state index < -0.39 is 14.3 Å². The summed E-state index contributed by atoms with van der Waals surface area (Å²) in [4.78, 5) is 22.8. The van der Waals surface area contributed by atoms with Gasteiger partial charge in [0.05, 0.1) is 13.2 Å². The van der Waals surface area contributed by atoms with Crippen molar-refractivity contribution in [3.8, 4) is 0 Å². The predicted octanol–water partition coefficient (Wildman–Crippen LogP) is 1.67. The van der Waals surface area contributed by atoms with Crippen molar-refractivity contribution in [2.45, 2.75) is 38.6 Å². The van der Waals surface area contributed by atoms with Gasteiger partial charge < -0.3 is 9.16 Å². The average molecular weight is 242 g/mol. The summed E-state index contributed by atoms with van der Waals surface area (Å²) >= 11 is 0. The highest BCUT2D eigenvalue weighted by Crippen LogP contribution is 2.21. The van der Waals surface area contributed by atoms with Crippen LogP contribution in [-0.4, -0.2) is 33.3 Å². The molecule has 0 radical (unpaired) electrons. The Morgan fingerprint density at radius 3 is 2.56 bits per heavy atom. The topological polar surface area (TPSA) is 52.6 Å². The number of methoxy groups -OCH3 is 1. The second-order valence-electron chi connectivity index (χ2n) is 4.80. The first kappa shape index (κ1) is 13.1. The number of carbonyl (C=O) groups excluding carboxylic acids is 2. The van der Waals surface area contributed by atoms with Gasteiger partial charge in [0.15, 0.2) is 14.1 Å². The Balaban J connectivity index is 2.81. The van der Waals surface area contributed by atoms with Crippen molar-refractivity contribution < 1.29 is 18.8 Å². The first-order valence-electron chi connectivity index (χ1n) is 5.34. The lowest BCUT2D eigenvalue weighted by atomic mass is 9.96. The van der Waals surface area contributed by atoms with Crippen LogP contribution >= 0.6 is 0 Å². The smallest absolute Gasteiger partial charge is 0.341 e. The summed E-state index contributed by atoms with van der Waals surface area (Å²) in [5.41, 5.74) is 0.136. The van der Waals surface area contributed by atoms with Gasteiger partial charge in [0.1, 0.15) is 5.57 Å². The molecule has 1 unspecified atom stereocenters. The van der Waals surface area contributed by atoms with Crippen molar-refractivity contribution in [3.05, 3.63) is 11.6 Å². The zero-order chi connectivity index (χ0) is 12.3. The van der Waals surface area contributed by atoms with Crippen molar-refractivity contribution in [2.75, 3.05) is 7.11 Å². The molecule has 0 heterocycles. The Kier molecular flexibility index (Phi) is 4.04. The summed E-state index contributed by atoms with van der Waals surface area (Å²) in [6.45, 7) is 6.24. The number of carbonyl (C=O) groups is 2. The second-order valence-corrected chi connectivity index (χ2v) is 9.26. The molecule has 0 amide bonds. The van der Waals surface area contributed by atoms with Crippen LogP contribution in [0, 0.1) is 0 Å². The van der Waals surface area contributed by atoms with Gasteiger partial charge in [-0.25, -0.2) is 4.79 Å². The summed E-state index contributed by atoms with van der Waals surface area (Å²) < 4.78 is 10.4. The molecule has 0 bridgehead atoms. The molecule has 90 valence electrons. The SMILES string of the molecule is COC(=O)C1=CC(O[Si](C)(C)C)CCC1=O. The zero-order valence-electron chi connectivity index (χ0n) is 10.2. The van der Waals surface area contributed by atoms with E-state index in [-0.39, 0.29) is 17.5 Å². The summed E-state index contributed by atoms with van der Waals surface area (Å²) in [5.74, 6) is -0.712. The third-order valence-corrected chi connectivity index (χ3v) is 3.23. The van der Waals surface area contributed by atoms with E-state index in [2.05, 4.69) is 24.4 Å². The van der Waals surface area contributed by atoms with E-state index in [9.17, 15) is 9.59 Å². The van der Waals surface area contributed by atoms with E-state index in [0.29, 0.717) is 12.8 Å². The van der Waals surface area contributed by atoms with Crippen LogP contribution in [0.3, 0.4) is 0 Å². The number of esters is 1. The normalized spacial score (nSPS) is 21.6. The molecule has 0 N–H and O–H groups in total. The molecule has 1 aliphatic carbocycles. The first-order valence-corrected chi connectivity index (χ1v) is 8.75. The van der Waals surface area contributed by atoms with Gasteiger partial charge in [-0.15, -0.1) is 0 Å². The van der Waals surface area contributed by atoms with Crippen molar-refractivity contribution in [1.82, 2.24) is 0 Å². The average Bonchev–Trinajstić information content (AvgIpc) is 2.18. The molecule has 1 aliphatic rings. The third kappa shape index (κ3) is 3.57. The highest BCUT2D eigenvalue weighted by molar-refractivity contribution is 6.69. The van der Waals surface area contributed by atoms with E-state index in [1.807, 2.05) is 0 Å². The van der Waals surface area contributed by atoms with E-state index in [0.717, 1.165) is 0 Å². The molecule has 0 aromatic rings. The predicted molar refractivity (Wildman–Crippen MR) is 62.6 cm³/mol. The van der Waals surface area contributed by atoms with Crippen LogP contribution in [0.25, 0.3) is 0 Å². The van der Waals surface area contributed by atoms with Gasteiger partial charge in [-0.1, -0.05) is 0 Å². The van der Waals surface area contributed by atoms with Crippen LogP contribution in [0.4, 0.5) is 0 Å². The maximum absolute atomic E-state index is 11.5. The fraction of sp³-hybridized carbons (Fsp3) is 0.636. The van der Waals surface area contributed by atoms with E-state index >= 15 is 0 Å². The Morgan fingerprint density at radius 1 is 1.44 bits per heavy atom. The maximum atomic E-state index is 11.5. The molecule has 16 heavy (non-hydrogen) atoms. The van der Waals surface area contributed by atoms with E-state index in [1.54, 1.807) is 6.08 Å². The fourth-order valence-corrected chi connectivity index (χ4v) is 2.70. The van der Waals surface area contributed by atoms with Crippen LogP contribution in [0.5, 0.6) is 0 Å². The molecule has 0 spiro atoms. The molecule has 1 atom stereocenters. The number of Topliss-reactive ketones (excluding diaryl/α,β-unsaturated/α-hetero) is 1. The summed E-state index contributed by atoms with van der Waals surface area (Å²) in [6, 6.07) is 0. The quantitative estimate of drug-likeness (QED) is 0.429. The van der Waals surface area contributed by atoms with Crippen LogP contribution < -0.4 is 0 Å². The number of ether oxygens (including phenoxy) is 1. The van der Waals surface area contributed by atoms with Gasteiger partial charge in [-0.2, -0.15) is 0 Å². The monoisotopic (exact) mass is 242 g/mol. The van der Waals surface area contributed by atoms with Gasteiger partial charge in [0, 0.05) is 6.42 Å². The minimum Gasteiger partial charge on any atom is -0.465 e. The maximum Gasteiger partial charge on any atom is 0.341 e. The van der Waals surface area contributed by atoms with Crippen LogP contribution in [0.15, 0.2) is 11.6 Å². The molecule has 4 nitrogen and oxygen atoms in total. The van der Waals surface area contributed by atoms with Gasteiger partial charge in [0.25, 0.3) is 0 Å². The first-order chi connectivity index (χ1) is 7.33. The number of hydrogen-bond acceptors (Lipinski definition) is 4. The summed E-state index contributed by atoms with van der Waals surface area (Å²) in [5, 5.41) is 0. The molecule has 0 saturated heterocycles. The Hall–Kier alpha value is -0.943. The lowest BCUT2D eigenvalue weighted by Crippen LogP contribution is -2.34. The van der Waals surface area contributed by atoms with E-state index in [4.69, 9.17) is 4.43 Å². The van der Waals surface area contributed by atoms with Crippen molar-refractivity contribution >= 4 is 20.1 Å². The lowest BCUT2D eigenvalue weighted by molar-refractivity contribution is -0.138. The summed E-state index contributed by atoms with van der Waals surface area (Å²) in [7, 11) is -0.372.